The number of fused-ring (bicyclic) bond motifs is 1. The first-order valence-corrected chi connectivity index (χ1v) is 18.1. The van der Waals surface area contributed by atoms with Crippen molar-refractivity contribution in [3.8, 4) is 5.75 Å². The van der Waals surface area contributed by atoms with E-state index in [9.17, 15) is 23.1 Å². The second-order valence-electron chi connectivity index (χ2n) is 12.7. The molecule has 5 N–H and O–H groups in total. The molecule has 0 fully saturated rings. The number of nitrogens with zero attached hydrogens (tertiary/aromatic N) is 2. The van der Waals surface area contributed by atoms with E-state index in [-0.39, 0.29) is 47.4 Å². The van der Waals surface area contributed by atoms with Crippen molar-refractivity contribution in [2.45, 2.75) is 43.9 Å². The number of amides is 2. The highest BCUT2D eigenvalue weighted by molar-refractivity contribution is 7.92. The molecule has 4 aromatic rings. The summed E-state index contributed by atoms with van der Waals surface area (Å²) in [7, 11) is -1.95. The van der Waals surface area contributed by atoms with Gasteiger partial charge in [0.2, 0.25) is 5.91 Å². The number of nitrogens with one attached hydrogen (secondary N) is 2. The number of hydrogen-bond acceptors (Lipinski definition) is 8. The molecule has 264 valence electrons. The smallest absolute Gasteiger partial charge is 0.261 e. The first-order chi connectivity index (χ1) is 23.8. The molecule has 0 aliphatic carbocycles. The van der Waals surface area contributed by atoms with Crippen LogP contribution in [0.25, 0.3) is 0 Å². The van der Waals surface area contributed by atoms with Gasteiger partial charge in [0.25, 0.3) is 15.9 Å². The van der Waals surface area contributed by atoms with E-state index in [2.05, 4.69) is 14.9 Å². The number of nitrogen functional groups attached to an aromatic ring is 1. The number of aliphatic hydroxyl groups excluding tert-OH is 1. The fraction of sp³-hybridized carbons (Fsp3) is 0.297. The highest BCUT2D eigenvalue weighted by Crippen LogP contribution is 2.30. The first kappa shape index (κ1) is 36.7. The zero-order valence-electron chi connectivity index (χ0n) is 28.2. The molecular formula is C37H42ClN5O6S. The van der Waals surface area contributed by atoms with Gasteiger partial charge in [-0.25, -0.2) is 8.42 Å². The lowest BCUT2D eigenvalue weighted by atomic mass is 10.0. The molecular weight excluding hydrogens is 678 g/mol. The molecule has 11 nitrogen and oxygen atoms in total. The van der Waals surface area contributed by atoms with Crippen molar-refractivity contribution in [2.24, 2.45) is 5.92 Å². The van der Waals surface area contributed by atoms with Gasteiger partial charge in [0.05, 0.1) is 35.3 Å². The predicted molar refractivity (Wildman–Crippen MR) is 196 cm³/mol. The summed E-state index contributed by atoms with van der Waals surface area (Å²) < 4.78 is 35.4. The monoisotopic (exact) mass is 719 g/mol. The van der Waals surface area contributed by atoms with E-state index in [1.807, 2.05) is 26.1 Å². The Kier molecular flexibility index (Phi) is 11.7. The summed E-state index contributed by atoms with van der Waals surface area (Å²) in [5.41, 5.74) is 9.30. The number of benzene rings is 4. The minimum absolute atomic E-state index is 0.0394. The van der Waals surface area contributed by atoms with Gasteiger partial charge in [-0.05, 0) is 86.3 Å². The van der Waals surface area contributed by atoms with E-state index in [0.29, 0.717) is 52.9 Å². The Labute approximate surface area is 298 Å². The van der Waals surface area contributed by atoms with E-state index in [4.69, 9.17) is 22.1 Å². The van der Waals surface area contributed by atoms with Gasteiger partial charge in [-0.15, -0.1) is 0 Å². The van der Waals surface area contributed by atoms with Gasteiger partial charge >= 0.3 is 0 Å². The fourth-order valence-electron chi connectivity index (χ4n) is 5.79. The summed E-state index contributed by atoms with van der Waals surface area (Å²) >= 11 is 5.94. The van der Waals surface area contributed by atoms with Crippen LogP contribution < -0.4 is 20.5 Å². The highest BCUT2D eigenvalue weighted by atomic mass is 35.5. The van der Waals surface area contributed by atoms with E-state index < -0.39 is 16.1 Å². The minimum Gasteiger partial charge on any atom is -0.488 e. The van der Waals surface area contributed by atoms with Crippen molar-refractivity contribution in [2.75, 3.05) is 42.5 Å². The molecule has 1 aliphatic rings. The molecule has 0 saturated heterocycles. The third-order valence-electron chi connectivity index (χ3n) is 8.66. The normalized spacial score (nSPS) is 17.2. The van der Waals surface area contributed by atoms with Crippen molar-refractivity contribution < 1.29 is 27.9 Å². The van der Waals surface area contributed by atoms with Crippen LogP contribution in [0.1, 0.15) is 35.3 Å². The maximum absolute atomic E-state index is 13.6. The van der Waals surface area contributed by atoms with Crippen LogP contribution in [0.5, 0.6) is 5.75 Å². The first-order valence-electron chi connectivity index (χ1n) is 16.2. The van der Waals surface area contributed by atoms with Crippen LogP contribution in [0.2, 0.25) is 5.02 Å². The molecule has 0 bridgehead atoms. The fourth-order valence-corrected chi connectivity index (χ4v) is 6.96. The number of carbonyl (C=O) groups is 2. The molecule has 0 saturated carbocycles. The third-order valence-corrected chi connectivity index (χ3v) is 10.3. The number of sulfonamides is 1. The van der Waals surface area contributed by atoms with Crippen molar-refractivity contribution in [3.63, 3.8) is 0 Å². The Bertz CT molecular complexity index is 1920. The maximum atomic E-state index is 13.6. The number of para-hydroxylation sites is 2. The zero-order valence-corrected chi connectivity index (χ0v) is 29.7. The van der Waals surface area contributed by atoms with Crippen molar-refractivity contribution in [3.05, 3.63) is 113 Å². The van der Waals surface area contributed by atoms with Crippen molar-refractivity contribution in [1.29, 1.82) is 0 Å². The summed E-state index contributed by atoms with van der Waals surface area (Å²) in [6.07, 6.45) is -0.404. The Balaban J connectivity index is 1.33. The Hall–Kier alpha value is -4.62. The lowest BCUT2D eigenvalue weighted by Gasteiger charge is -2.34. The van der Waals surface area contributed by atoms with E-state index in [0.717, 1.165) is 5.56 Å². The molecule has 0 radical (unpaired) electrons. The zero-order chi connectivity index (χ0) is 36.0. The van der Waals surface area contributed by atoms with Crippen LogP contribution >= 0.6 is 11.6 Å². The molecule has 0 aromatic heterocycles. The Morgan fingerprint density at radius 2 is 1.78 bits per heavy atom. The molecule has 1 heterocycles. The molecule has 13 heteroatoms. The van der Waals surface area contributed by atoms with Crippen LogP contribution in [0, 0.1) is 5.92 Å². The van der Waals surface area contributed by atoms with Crippen molar-refractivity contribution in [1.82, 2.24) is 9.80 Å². The second-order valence-corrected chi connectivity index (χ2v) is 14.8. The van der Waals surface area contributed by atoms with Crippen LogP contribution in [0.15, 0.2) is 95.9 Å². The summed E-state index contributed by atoms with van der Waals surface area (Å²) in [5.74, 6) is -0.104. The summed E-state index contributed by atoms with van der Waals surface area (Å²) in [6, 6.07) is 24.7. The average Bonchev–Trinajstić information content (AvgIpc) is 3.12. The van der Waals surface area contributed by atoms with Crippen LogP contribution in [-0.2, 0) is 27.8 Å². The summed E-state index contributed by atoms with van der Waals surface area (Å²) in [5, 5.41) is 13.2. The number of ether oxygens (including phenoxy) is 1. The molecule has 50 heavy (non-hydrogen) atoms. The molecule has 3 atom stereocenters. The SMILES string of the molecule is C[C@@H]1CN([C@@H](C)CO)C(=O)Cc2cc(NS(=O)(=O)c3ccc(Cl)cc3)ccc2O[C@@H]1CN(C)Cc1ccc(C(=O)Nc2ccccc2N)cc1. The maximum Gasteiger partial charge on any atom is 0.261 e. The number of carbonyl (C=O) groups excluding carboxylic acids is 2. The quantitative estimate of drug-likeness (QED) is 0.153. The van der Waals surface area contributed by atoms with Gasteiger partial charge in [-0.1, -0.05) is 42.8 Å². The molecule has 1 aliphatic heterocycles. The van der Waals surface area contributed by atoms with Crippen LogP contribution in [-0.4, -0.2) is 74.0 Å². The lowest BCUT2D eigenvalue weighted by molar-refractivity contribution is -0.134. The molecule has 0 unspecified atom stereocenters. The highest BCUT2D eigenvalue weighted by Gasteiger charge is 2.31. The van der Waals surface area contributed by atoms with Gasteiger partial charge in [0.1, 0.15) is 11.9 Å². The van der Waals surface area contributed by atoms with Gasteiger partial charge < -0.3 is 25.8 Å². The van der Waals surface area contributed by atoms with Crippen LogP contribution in [0.4, 0.5) is 17.1 Å². The number of rotatable bonds is 11. The number of nitrogens with two attached hydrogens (primary N) is 1. The van der Waals surface area contributed by atoms with Gasteiger partial charge in [0, 0.05) is 47.4 Å². The molecule has 2 amide bonds. The van der Waals surface area contributed by atoms with Crippen LogP contribution in [0.3, 0.4) is 0 Å². The summed E-state index contributed by atoms with van der Waals surface area (Å²) in [4.78, 5) is 30.2. The number of aliphatic hydroxyl groups is 1. The Morgan fingerprint density at radius 3 is 2.46 bits per heavy atom. The second kappa shape index (κ2) is 15.9. The van der Waals surface area contributed by atoms with Gasteiger partial charge in [-0.2, -0.15) is 0 Å². The van der Waals surface area contributed by atoms with E-state index in [1.54, 1.807) is 66.4 Å². The predicted octanol–water partition coefficient (Wildman–Crippen LogP) is 5.26. The van der Waals surface area contributed by atoms with E-state index in [1.165, 1.54) is 24.3 Å². The third kappa shape index (κ3) is 9.13. The number of anilines is 3. The van der Waals surface area contributed by atoms with E-state index >= 15 is 0 Å². The van der Waals surface area contributed by atoms with Crippen molar-refractivity contribution >= 4 is 50.5 Å². The van der Waals surface area contributed by atoms with Gasteiger partial charge in [-0.3, -0.25) is 19.2 Å². The average molecular weight is 720 g/mol. The number of hydrogen-bond donors (Lipinski definition) is 4. The Morgan fingerprint density at radius 1 is 1.08 bits per heavy atom. The lowest BCUT2D eigenvalue weighted by Crippen LogP contribution is -2.47. The largest absolute Gasteiger partial charge is 0.488 e. The molecule has 5 rings (SSSR count). The summed E-state index contributed by atoms with van der Waals surface area (Å²) in [6.45, 7) is 5.02. The topological polar surface area (TPSA) is 154 Å². The molecule has 0 spiro atoms. The van der Waals surface area contributed by atoms with Gasteiger partial charge in [0.15, 0.2) is 0 Å². The molecule has 4 aromatic carbocycles. The number of likely N-dealkylation sites (N-methyl/N-ethyl adjacent to an activating group) is 1. The minimum atomic E-state index is -3.92. The standard InChI is InChI=1S/C37H42ClN5O6S/c1-24-20-43(25(2)23-44)36(45)19-28-18-30(41-50(47,48)31-15-12-29(38)13-16-31)14-17-34(28)49-35(24)22-42(3)21-26-8-10-27(11-9-26)37(46)40-33-7-5-4-6-32(33)39/h4-18,24-25,35,41,44H,19-23,39H2,1-3H3,(H,40,46)/t24-,25+,35-/m1/s1. The number of halogens is 1.